The monoisotopic (exact) mass is 320 g/mol. The lowest BCUT2D eigenvalue weighted by Crippen LogP contribution is -2.29. The molecule has 0 unspecified atom stereocenters. The fourth-order valence-corrected chi connectivity index (χ4v) is 2.34. The second-order valence-electron chi connectivity index (χ2n) is 4.16. The summed E-state index contributed by atoms with van der Waals surface area (Å²) in [4.78, 5) is 11.9. The normalized spacial score (nSPS) is 14.3. The summed E-state index contributed by atoms with van der Waals surface area (Å²) in [5.41, 5.74) is 1.73. The van der Waals surface area contributed by atoms with Gasteiger partial charge in [-0.1, -0.05) is 34.9 Å². The lowest BCUT2D eigenvalue weighted by atomic mass is 10.1. The molecule has 0 aromatic heterocycles. The van der Waals surface area contributed by atoms with Gasteiger partial charge in [-0.2, -0.15) is 0 Å². The summed E-state index contributed by atoms with van der Waals surface area (Å²) in [6.45, 7) is 2.41. The summed E-state index contributed by atoms with van der Waals surface area (Å²) in [5.74, 6) is -0.154. The second-order valence-corrected chi connectivity index (χ2v) is 5.03. The van der Waals surface area contributed by atoms with E-state index in [2.05, 4.69) is 16.7 Å². The third-order valence-electron chi connectivity index (χ3n) is 2.76. The van der Waals surface area contributed by atoms with Crippen molar-refractivity contribution in [2.75, 3.05) is 19.6 Å². The van der Waals surface area contributed by atoms with Crippen LogP contribution in [0.25, 0.3) is 0 Å². The average Bonchev–Trinajstić information content (AvgIpc) is 2.36. The highest BCUT2D eigenvalue weighted by Gasteiger charge is 2.09. The highest BCUT2D eigenvalue weighted by molar-refractivity contribution is 6.35. The van der Waals surface area contributed by atoms with E-state index in [0.717, 1.165) is 19.5 Å². The Bertz CT molecular complexity index is 469. The largest absolute Gasteiger partial charge is 0.348 e. The molecule has 0 radical (unpaired) electrons. The number of halogens is 3. The predicted molar refractivity (Wildman–Crippen MR) is 81.6 cm³/mol. The SMILES string of the molecule is Cl.O=C(NCC1=CCNCC1)c1cc(Cl)cc(Cl)c1. The highest BCUT2D eigenvalue weighted by atomic mass is 35.5. The van der Waals surface area contributed by atoms with E-state index in [4.69, 9.17) is 23.2 Å². The number of carbonyl (C=O) groups is 1. The molecule has 0 spiro atoms. The van der Waals surface area contributed by atoms with Crippen LogP contribution in [0.5, 0.6) is 0 Å². The molecule has 19 heavy (non-hydrogen) atoms. The van der Waals surface area contributed by atoms with Gasteiger partial charge in [-0.25, -0.2) is 0 Å². The molecule has 0 bridgehead atoms. The molecule has 1 aromatic carbocycles. The van der Waals surface area contributed by atoms with E-state index in [1.54, 1.807) is 18.2 Å². The van der Waals surface area contributed by atoms with Gasteiger partial charge in [-0.15, -0.1) is 12.4 Å². The Morgan fingerprint density at radius 1 is 1.26 bits per heavy atom. The standard InChI is InChI=1S/C13H14Cl2N2O.ClH/c14-11-5-10(6-12(15)7-11)13(18)17-8-9-1-3-16-4-2-9;/h1,5-7,16H,2-4,8H2,(H,17,18);1H. The maximum Gasteiger partial charge on any atom is 0.251 e. The molecule has 2 rings (SSSR count). The van der Waals surface area contributed by atoms with Crippen molar-refractivity contribution in [2.45, 2.75) is 6.42 Å². The summed E-state index contributed by atoms with van der Waals surface area (Å²) in [6, 6.07) is 4.83. The topological polar surface area (TPSA) is 41.1 Å². The molecule has 0 atom stereocenters. The number of carbonyl (C=O) groups excluding carboxylic acids is 1. The Morgan fingerprint density at radius 2 is 1.95 bits per heavy atom. The van der Waals surface area contributed by atoms with E-state index >= 15 is 0 Å². The Hall–Kier alpha value is -0.740. The maximum absolute atomic E-state index is 11.9. The van der Waals surface area contributed by atoms with Crippen LogP contribution in [0.3, 0.4) is 0 Å². The van der Waals surface area contributed by atoms with Gasteiger partial charge >= 0.3 is 0 Å². The van der Waals surface area contributed by atoms with Crippen molar-refractivity contribution in [1.29, 1.82) is 0 Å². The molecule has 1 aliphatic rings. The van der Waals surface area contributed by atoms with Crippen molar-refractivity contribution in [2.24, 2.45) is 0 Å². The lowest BCUT2D eigenvalue weighted by molar-refractivity contribution is 0.0956. The maximum atomic E-state index is 11.9. The van der Waals surface area contributed by atoms with Crippen molar-refractivity contribution in [1.82, 2.24) is 10.6 Å². The Labute approximate surface area is 128 Å². The van der Waals surface area contributed by atoms with Gasteiger partial charge in [0.25, 0.3) is 5.91 Å². The molecule has 104 valence electrons. The van der Waals surface area contributed by atoms with Gasteiger partial charge in [0.15, 0.2) is 0 Å². The first-order valence-electron chi connectivity index (χ1n) is 5.78. The van der Waals surface area contributed by atoms with Crippen LogP contribution in [-0.4, -0.2) is 25.5 Å². The molecule has 1 aliphatic heterocycles. The van der Waals surface area contributed by atoms with E-state index in [1.807, 2.05) is 0 Å². The van der Waals surface area contributed by atoms with Crippen molar-refractivity contribution in [3.8, 4) is 0 Å². The van der Waals surface area contributed by atoms with Crippen LogP contribution < -0.4 is 10.6 Å². The quantitative estimate of drug-likeness (QED) is 0.840. The first-order chi connectivity index (χ1) is 8.65. The van der Waals surface area contributed by atoms with E-state index < -0.39 is 0 Å². The number of nitrogens with one attached hydrogen (secondary N) is 2. The number of rotatable bonds is 3. The smallest absolute Gasteiger partial charge is 0.251 e. The van der Waals surface area contributed by atoms with Gasteiger partial charge in [0.1, 0.15) is 0 Å². The highest BCUT2D eigenvalue weighted by Crippen LogP contribution is 2.19. The first kappa shape index (κ1) is 16.3. The van der Waals surface area contributed by atoms with Crippen molar-refractivity contribution >= 4 is 41.5 Å². The zero-order valence-electron chi connectivity index (χ0n) is 10.2. The molecular weight excluding hydrogens is 307 g/mol. The second kappa shape index (κ2) is 7.75. The number of hydrogen-bond donors (Lipinski definition) is 2. The summed E-state index contributed by atoms with van der Waals surface area (Å²) in [7, 11) is 0. The van der Waals surface area contributed by atoms with Crippen LogP contribution in [0, 0.1) is 0 Å². The molecule has 1 amide bonds. The minimum Gasteiger partial charge on any atom is -0.348 e. The minimum atomic E-state index is -0.154. The molecular formula is C13H15Cl3N2O. The van der Waals surface area contributed by atoms with E-state index in [9.17, 15) is 4.79 Å². The molecule has 0 saturated heterocycles. The summed E-state index contributed by atoms with van der Waals surface area (Å²) >= 11 is 11.7. The fourth-order valence-electron chi connectivity index (χ4n) is 1.81. The molecule has 2 N–H and O–H groups in total. The lowest BCUT2D eigenvalue weighted by Gasteiger charge is -2.14. The van der Waals surface area contributed by atoms with Gasteiger partial charge in [0, 0.05) is 28.7 Å². The van der Waals surface area contributed by atoms with E-state index in [1.165, 1.54) is 5.57 Å². The number of amides is 1. The first-order valence-corrected chi connectivity index (χ1v) is 6.53. The third-order valence-corrected chi connectivity index (χ3v) is 3.20. The van der Waals surface area contributed by atoms with Gasteiger partial charge < -0.3 is 10.6 Å². The predicted octanol–water partition coefficient (Wildman–Crippen LogP) is 3.06. The molecule has 0 aliphatic carbocycles. The Kier molecular flexibility index (Phi) is 6.66. The fraction of sp³-hybridized carbons (Fsp3) is 0.308. The molecule has 0 fully saturated rings. The Balaban J connectivity index is 0.00000180. The van der Waals surface area contributed by atoms with Gasteiger partial charge in [-0.05, 0) is 31.2 Å². The van der Waals surface area contributed by atoms with Crippen LogP contribution in [0.15, 0.2) is 29.8 Å². The molecule has 1 aromatic rings. The van der Waals surface area contributed by atoms with Gasteiger partial charge in [0.05, 0.1) is 0 Å². The zero-order chi connectivity index (χ0) is 13.0. The van der Waals surface area contributed by atoms with Crippen LogP contribution in [0.2, 0.25) is 10.0 Å². The van der Waals surface area contributed by atoms with Crippen LogP contribution in [0.4, 0.5) is 0 Å². The minimum absolute atomic E-state index is 0. The number of hydrogen-bond acceptors (Lipinski definition) is 2. The average molecular weight is 322 g/mol. The van der Waals surface area contributed by atoms with Gasteiger partial charge in [-0.3, -0.25) is 4.79 Å². The van der Waals surface area contributed by atoms with Crippen LogP contribution >= 0.6 is 35.6 Å². The Morgan fingerprint density at radius 3 is 2.53 bits per heavy atom. The van der Waals surface area contributed by atoms with Crippen LogP contribution in [-0.2, 0) is 0 Å². The van der Waals surface area contributed by atoms with E-state index in [-0.39, 0.29) is 18.3 Å². The van der Waals surface area contributed by atoms with Gasteiger partial charge in [0.2, 0.25) is 0 Å². The molecule has 1 heterocycles. The molecule has 6 heteroatoms. The zero-order valence-corrected chi connectivity index (χ0v) is 12.5. The van der Waals surface area contributed by atoms with Crippen LogP contribution in [0.1, 0.15) is 16.8 Å². The summed E-state index contributed by atoms with van der Waals surface area (Å²) < 4.78 is 0. The molecule has 0 saturated carbocycles. The summed E-state index contributed by atoms with van der Waals surface area (Å²) in [6.07, 6.45) is 3.07. The van der Waals surface area contributed by atoms with Crippen molar-refractivity contribution < 1.29 is 4.79 Å². The summed E-state index contributed by atoms with van der Waals surface area (Å²) in [5, 5.41) is 7.03. The van der Waals surface area contributed by atoms with E-state index in [0.29, 0.717) is 22.2 Å². The van der Waals surface area contributed by atoms with Crippen molar-refractivity contribution in [3.05, 3.63) is 45.5 Å². The van der Waals surface area contributed by atoms with Crippen molar-refractivity contribution in [3.63, 3.8) is 0 Å². The molecule has 3 nitrogen and oxygen atoms in total. The third kappa shape index (κ3) is 5.03. The number of benzene rings is 1.